The predicted molar refractivity (Wildman–Crippen MR) is 66.2 cm³/mol. The number of hydrogen-bond acceptors (Lipinski definition) is 6. The van der Waals surface area contributed by atoms with Gasteiger partial charge in [-0.05, 0) is 18.4 Å². The molecule has 0 saturated carbocycles. The Hall–Kier alpha value is -1.14. The van der Waals surface area contributed by atoms with E-state index in [2.05, 4.69) is 19.9 Å². The van der Waals surface area contributed by atoms with Crippen molar-refractivity contribution in [2.24, 2.45) is 0 Å². The summed E-state index contributed by atoms with van der Waals surface area (Å²) in [4.78, 5) is 16.5. The van der Waals surface area contributed by atoms with Crippen LogP contribution in [-0.4, -0.2) is 26.2 Å². The van der Waals surface area contributed by atoms with Gasteiger partial charge in [0.2, 0.25) is 0 Å². The normalized spacial score (nSPS) is 12.3. The minimum atomic E-state index is 0.199. The average molecular weight is 250 g/mol. The molecule has 0 spiro atoms. The molecule has 2 aromatic rings. The fourth-order valence-corrected chi connectivity index (χ4v) is 2.83. The van der Waals surface area contributed by atoms with Crippen molar-refractivity contribution in [2.45, 2.75) is 9.74 Å². The van der Waals surface area contributed by atoms with Crippen LogP contribution in [0, 0.1) is 0 Å². The molecule has 1 atom stereocenters. The number of thioether (sulfide) groups is 2. The van der Waals surface area contributed by atoms with Gasteiger partial charge in [0.05, 0.1) is 10.3 Å². The lowest BCUT2D eigenvalue weighted by Crippen LogP contribution is -1.95. The third-order valence-corrected chi connectivity index (χ3v) is 4.23. The van der Waals surface area contributed by atoms with Gasteiger partial charge >= 0.3 is 0 Å². The molecular weight excluding hydrogens is 240 g/mol. The molecule has 0 saturated heterocycles. The third-order valence-electron chi connectivity index (χ3n) is 1.81. The summed E-state index contributed by atoms with van der Waals surface area (Å²) in [5, 5.41) is 0.764. The Morgan fingerprint density at radius 3 is 2.56 bits per heavy atom. The van der Waals surface area contributed by atoms with Gasteiger partial charge in [0, 0.05) is 18.6 Å². The Morgan fingerprint density at radius 2 is 1.94 bits per heavy atom. The predicted octanol–water partition coefficient (Wildman–Crippen LogP) is 2.42. The lowest BCUT2D eigenvalue weighted by molar-refractivity contribution is 0.962. The highest BCUT2D eigenvalue weighted by molar-refractivity contribution is 8.15. The van der Waals surface area contributed by atoms with E-state index in [1.54, 1.807) is 48.4 Å². The van der Waals surface area contributed by atoms with E-state index in [0.29, 0.717) is 0 Å². The molecule has 0 fully saturated rings. The Balaban J connectivity index is 2.13. The lowest BCUT2D eigenvalue weighted by Gasteiger charge is -2.11. The summed E-state index contributed by atoms with van der Waals surface area (Å²) in [7, 11) is 0. The zero-order chi connectivity index (χ0) is 11.2. The molecule has 0 N–H and O–H groups in total. The van der Waals surface area contributed by atoms with Gasteiger partial charge in [-0.1, -0.05) is 11.8 Å². The van der Waals surface area contributed by atoms with Crippen molar-refractivity contribution in [1.82, 2.24) is 19.9 Å². The van der Waals surface area contributed by atoms with Crippen LogP contribution in [0.3, 0.4) is 0 Å². The Bertz CT molecular complexity index is 423. The highest BCUT2D eigenvalue weighted by atomic mass is 32.2. The van der Waals surface area contributed by atoms with Crippen molar-refractivity contribution in [3.63, 3.8) is 0 Å². The first-order valence-corrected chi connectivity index (χ1v) is 6.79. The smallest absolute Gasteiger partial charge is 0.188 e. The maximum atomic E-state index is 4.24. The van der Waals surface area contributed by atoms with Crippen LogP contribution in [0.1, 0.15) is 10.3 Å². The van der Waals surface area contributed by atoms with Gasteiger partial charge in [-0.2, -0.15) is 0 Å². The third kappa shape index (κ3) is 2.93. The molecule has 6 heteroatoms. The van der Waals surface area contributed by atoms with Crippen LogP contribution in [0.25, 0.3) is 0 Å². The van der Waals surface area contributed by atoms with Crippen LogP contribution in [0.4, 0.5) is 0 Å². The van der Waals surface area contributed by atoms with Crippen molar-refractivity contribution in [3.8, 4) is 0 Å². The van der Waals surface area contributed by atoms with Crippen molar-refractivity contribution in [1.29, 1.82) is 0 Å². The second-order valence-corrected chi connectivity index (χ2v) is 5.16. The molecular formula is C10H10N4S2. The summed E-state index contributed by atoms with van der Waals surface area (Å²) in [6, 6.07) is 3.72. The molecule has 0 aliphatic carbocycles. The molecule has 0 aromatic carbocycles. The van der Waals surface area contributed by atoms with Gasteiger partial charge in [0.1, 0.15) is 6.33 Å². The minimum Gasteiger partial charge on any atom is -0.245 e. The average Bonchev–Trinajstić information content (AvgIpc) is 2.38. The lowest BCUT2D eigenvalue weighted by atomic mass is 10.5. The molecule has 2 rings (SSSR count). The van der Waals surface area contributed by atoms with Gasteiger partial charge < -0.3 is 0 Å². The van der Waals surface area contributed by atoms with E-state index in [-0.39, 0.29) is 4.58 Å². The molecule has 2 heterocycles. The van der Waals surface area contributed by atoms with Gasteiger partial charge in [-0.3, -0.25) is 0 Å². The van der Waals surface area contributed by atoms with Crippen molar-refractivity contribution in [3.05, 3.63) is 42.7 Å². The van der Waals surface area contributed by atoms with Crippen LogP contribution in [0.2, 0.25) is 0 Å². The maximum Gasteiger partial charge on any atom is 0.188 e. The number of hydrogen-bond donors (Lipinski definition) is 0. The largest absolute Gasteiger partial charge is 0.245 e. The van der Waals surface area contributed by atoms with Crippen LogP contribution >= 0.6 is 23.5 Å². The van der Waals surface area contributed by atoms with Gasteiger partial charge in [0.25, 0.3) is 0 Å². The molecule has 4 nitrogen and oxygen atoms in total. The van der Waals surface area contributed by atoms with Crippen LogP contribution < -0.4 is 0 Å². The van der Waals surface area contributed by atoms with E-state index in [4.69, 9.17) is 0 Å². The monoisotopic (exact) mass is 250 g/mol. The first-order chi connectivity index (χ1) is 7.90. The second-order valence-electron chi connectivity index (χ2n) is 2.85. The topological polar surface area (TPSA) is 51.6 Å². The molecule has 2 aromatic heterocycles. The Morgan fingerprint density at radius 1 is 1.12 bits per heavy atom. The van der Waals surface area contributed by atoms with Crippen molar-refractivity contribution < 1.29 is 0 Å². The van der Waals surface area contributed by atoms with Crippen molar-refractivity contribution >= 4 is 23.5 Å². The maximum absolute atomic E-state index is 4.24. The van der Waals surface area contributed by atoms with Crippen LogP contribution in [-0.2, 0) is 0 Å². The summed E-state index contributed by atoms with van der Waals surface area (Å²) in [6.07, 6.45) is 8.84. The first kappa shape index (κ1) is 11.3. The molecule has 0 bridgehead atoms. The minimum absolute atomic E-state index is 0.199. The zero-order valence-electron chi connectivity index (χ0n) is 8.65. The zero-order valence-corrected chi connectivity index (χ0v) is 10.3. The standard InChI is InChI=1S/C10H10N4S2/c1-15-9(8-3-6-11-7-14-8)16-10-12-4-2-5-13-10/h2-7,9H,1H3. The Labute approximate surface area is 102 Å². The number of nitrogens with zero attached hydrogens (tertiary/aromatic N) is 4. The molecule has 16 heavy (non-hydrogen) atoms. The second kappa shape index (κ2) is 5.81. The highest BCUT2D eigenvalue weighted by Gasteiger charge is 2.14. The summed E-state index contributed by atoms with van der Waals surface area (Å²) in [5.74, 6) is 0. The van der Waals surface area contributed by atoms with Crippen molar-refractivity contribution in [2.75, 3.05) is 6.26 Å². The van der Waals surface area contributed by atoms with E-state index in [0.717, 1.165) is 10.9 Å². The van der Waals surface area contributed by atoms with E-state index < -0.39 is 0 Å². The summed E-state index contributed by atoms with van der Waals surface area (Å²) >= 11 is 3.30. The SMILES string of the molecule is CSC(Sc1ncccn1)c1ccncn1. The van der Waals surface area contributed by atoms with E-state index >= 15 is 0 Å². The molecule has 1 unspecified atom stereocenters. The van der Waals surface area contributed by atoms with E-state index in [1.165, 1.54) is 0 Å². The molecule has 0 amide bonds. The molecule has 0 aliphatic rings. The van der Waals surface area contributed by atoms with E-state index in [1.807, 2.05) is 18.4 Å². The first-order valence-electron chi connectivity index (χ1n) is 4.62. The summed E-state index contributed by atoms with van der Waals surface area (Å²) in [6.45, 7) is 0. The summed E-state index contributed by atoms with van der Waals surface area (Å²) < 4.78 is 0.199. The Kier molecular flexibility index (Phi) is 4.12. The van der Waals surface area contributed by atoms with Gasteiger partial charge in [0.15, 0.2) is 5.16 Å². The number of rotatable bonds is 4. The molecule has 0 radical (unpaired) electrons. The van der Waals surface area contributed by atoms with Gasteiger partial charge in [-0.25, -0.2) is 19.9 Å². The van der Waals surface area contributed by atoms with Gasteiger partial charge in [-0.15, -0.1) is 11.8 Å². The molecule has 82 valence electrons. The fourth-order valence-electron chi connectivity index (χ4n) is 1.11. The van der Waals surface area contributed by atoms with Crippen LogP contribution in [0.5, 0.6) is 0 Å². The summed E-state index contributed by atoms with van der Waals surface area (Å²) in [5.41, 5.74) is 0.986. The fraction of sp³-hybridized carbons (Fsp3) is 0.200. The van der Waals surface area contributed by atoms with E-state index in [9.17, 15) is 0 Å². The van der Waals surface area contributed by atoms with Crippen LogP contribution in [0.15, 0.2) is 42.2 Å². The highest BCUT2D eigenvalue weighted by Crippen LogP contribution is 2.39. The number of aromatic nitrogens is 4. The quantitative estimate of drug-likeness (QED) is 0.472. The molecule has 0 aliphatic heterocycles.